The SMILES string of the molecule is O=C(Nc1cc([S-](=O)=O)cc2cc(S(=O)(=O)[O-])c(N=Nc3cc(Nc4nc(Cl)nc(Nc5ccc([S-](=O)=O)cc5)n4)ccc3S(=O)(=O)[O-])c(O)c12)c1ccccc1.[Na+].[Na+].[Na+].[Na+].[OH-].[OH-]. The number of hydrogen-bond acceptors (Lipinski definition) is 23. The van der Waals surface area contributed by atoms with E-state index in [4.69, 9.17) is 11.6 Å². The van der Waals surface area contributed by atoms with E-state index in [1.807, 2.05) is 0 Å². The summed E-state index contributed by atoms with van der Waals surface area (Å²) in [6.07, 6.45) is 0. The molecule has 0 atom stereocenters. The van der Waals surface area contributed by atoms with E-state index in [0.29, 0.717) is 11.8 Å². The zero-order valence-corrected chi connectivity index (χ0v) is 44.8. The number of benzene rings is 5. The number of rotatable bonds is 12. The molecular formula is C32H21ClN8Na4O14S4-2. The third-order valence-corrected chi connectivity index (χ3v) is 10.7. The summed E-state index contributed by atoms with van der Waals surface area (Å²) in [7, 11) is -16.3. The molecule has 0 saturated carbocycles. The topological polar surface area (TPSA) is 379 Å². The van der Waals surface area contributed by atoms with Gasteiger partial charge < -0.3 is 58.0 Å². The van der Waals surface area contributed by atoms with Gasteiger partial charge in [-0.2, -0.15) is 15.0 Å². The van der Waals surface area contributed by atoms with Gasteiger partial charge in [0.2, 0.25) is 17.2 Å². The average Bonchev–Trinajstić information content (AvgIpc) is 3.13. The summed E-state index contributed by atoms with van der Waals surface area (Å²) in [4.78, 5) is 22.4. The predicted molar refractivity (Wildman–Crippen MR) is 202 cm³/mol. The smallest absolute Gasteiger partial charge is 0.870 e. The Labute approximate surface area is 454 Å². The Bertz CT molecular complexity index is 3030. The Balaban J connectivity index is 0.00000641. The number of carbonyl (C=O) groups excluding carboxylic acids is 1. The zero-order valence-electron chi connectivity index (χ0n) is 32.7. The molecule has 6 N–H and O–H groups in total. The molecule has 0 unspecified atom stereocenters. The minimum Gasteiger partial charge on any atom is -0.870 e. The van der Waals surface area contributed by atoms with E-state index >= 15 is 0 Å². The second kappa shape index (κ2) is 25.6. The first kappa shape index (κ1) is 60.8. The van der Waals surface area contributed by atoms with Crippen molar-refractivity contribution in [3.05, 3.63) is 102 Å². The van der Waals surface area contributed by atoms with Gasteiger partial charge >= 0.3 is 118 Å². The molecule has 310 valence electrons. The standard InChI is InChI=1S/C32H21ClN8O12S4.4Na.2H2O/c33-30-37-31(34-18-6-9-20(10-7-18)54(44)45)39-32(38-30)35-19-8-11-24(56(48,49)50)22(14-19)40-41-27-25(57(51,52)53)13-17-12-21(55(46)47)15-23(26(17)28(27)42)36-29(43)16-4-2-1-3-5-16;;;;;;/h1-15,42H,(H,36,43)(H,48,49,50)(H,51,52,53)(H2,34,35,37,38,39);;;;;2*1H2/q-2;4*+1;;/p-4. The molecule has 0 bridgehead atoms. The monoisotopic (exact) mass is 996 g/mol. The van der Waals surface area contributed by atoms with Crippen molar-refractivity contribution in [3.8, 4) is 5.75 Å². The third kappa shape index (κ3) is 15.4. The molecule has 0 fully saturated rings. The first-order valence-electron chi connectivity index (χ1n) is 15.3. The summed E-state index contributed by atoms with van der Waals surface area (Å²) in [6, 6.07) is 18.3. The third-order valence-electron chi connectivity index (χ3n) is 7.52. The fraction of sp³-hybridized carbons (Fsp3) is 0. The van der Waals surface area contributed by atoms with Crippen molar-refractivity contribution in [1.29, 1.82) is 0 Å². The maximum Gasteiger partial charge on any atom is 1.00 e. The number of carbonyl (C=O) groups is 1. The van der Waals surface area contributed by atoms with Crippen molar-refractivity contribution >= 4 is 110 Å². The molecule has 0 aliphatic heterocycles. The number of amides is 1. The molecule has 0 radical (unpaired) electrons. The molecule has 0 aliphatic carbocycles. The second-order valence-electron chi connectivity index (χ2n) is 11.2. The maximum absolute atomic E-state index is 13.0. The van der Waals surface area contributed by atoms with E-state index in [2.05, 4.69) is 41.1 Å². The summed E-state index contributed by atoms with van der Waals surface area (Å²) in [5, 5.41) is 25.6. The summed E-state index contributed by atoms with van der Waals surface area (Å²) < 4.78 is 120. The number of halogens is 1. The minimum absolute atomic E-state index is 0. The van der Waals surface area contributed by atoms with E-state index in [0.717, 1.165) is 30.3 Å². The van der Waals surface area contributed by atoms with Gasteiger partial charge in [0.25, 0.3) is 5.91 Å². The molecule has 1 amide bonds. The van der Waals surface area contributed by atoms with Crippen LogP contribution in [-0.2, 0) is 58.5 Å². The van der Waals surface area contributed by atoms with Crippen LogP contribution in [0.4, 0.5) is 40.3 Å². The van der Waals surface area contributed by atoms with E-state index in [1.165, 1.54) is 48.5 Å². The number of aromatic hydroxyl groups is 1. The Hall–Kier alpha value is -2.23. The van der Waals surface area contributed by atoms with Crippen LogP contribution < -0.4 is 134 Å². The van der Waals surface area contributed by atoms with Crippen molar-refractivity contribution < 1.29 is 182 Å². The fourth-order valence-electron chi connectivity index (χ4n) is 5.08. The number of anilines is 5. The van der Waals surface area contributed by atoms with Gasteiger partial charge in [-0.25, -0.2) is 16.8 Å². The second-order valence-corrected chi connectivity index (χ2v) is 16.2. The molecule has 1 aromatic heterocycles. The number of nitrogens with one attached hydrogen (secondary N) is 3. The Kier molecular flexibility index (Phi) is 24.7. The van der Waals surface area contributed by atoms with E-state index < -0.39 is 84.7 Å². The van der Waals surface area contributed by atoms with Gasteiger partial charge in [0.1, 0.15) is 31.6 Å². The summed E-state index contributed by atoms with van der Waals surface area (Å²) in [6.45, 7) is 0. The van der Waals surface area contributed by atoms with Gasteiger partial charge in [-0.3, -0.25) is 4.79 Å². The average molecular weight is 997 g/mol. The molecule has 5 aromatic carbocycles. The van der Waals surface area contributed by atoms with Crippen LogP contribution in [0.3, 0.4) is 0 Å². The van der Waals surface area contributed by atoms with Gasteiger partial charge in [-0.1, -0.05) is 52.3 Å². The number of phenols is 1. The number of aromatic nitrogens is 3. The van der Waals surface area contributed by atoms with Crippen molar-refractivity contribution in [2.24, 2.45) is 10.2 Å². The Morgan fingerprint density at radius 1 is 0.667 bits per heavy atom. The van der Waals surface area contributed by atoms with Crippen LogP contribution in [0, 0.1) is 0 Å². The normalized spacial score (nSPS) is 10.9. The molecule has 22 nitrogen and oxygen atoms in total. The number of hydrogen-bond donors (Lipinski definition) is 4. The molecule has 6 rings (SSSR count). The fourth-order valence-corrected chi connectivity index (χ4v) is 7.28. The molecule has 1 heterocycles. The molecule has 0 aliphatic rings. The van der Waals surface area contributed by atoms with Crippen LogP contribution in [0.15, 0.2) is 121 Å². The Morgan fingerprint density at radius 3 is 1.75 bits per heavy atom. The van der Waals surface area contributed by atoms with Crippen LogP contribution in [0.5, 0.6) is 5.75 Å². The number of nitrogens with zero attached hydrogens (tertiary/aromatic N) is 5. The Morgan fingerprint density at radius 2 is 1.21 bits per heavy atom. The van der Waals surface area contributed by atoms with E-state index in [1.54, 1.807) is 6.07 Å². The quantitative estimate of drug-likeness (QED) is 0.0383. The van der Waals surface area contributed by atoms with Crippen LogP contribution in [0.2, 0.25) is 5.28 Å². The van der Waals surface area contributed by atoms with Crippen LogP contribution in [0.25, 0.3) is 10.8 Å². The summed E-state index contributed by atoms with van der Waals surface area (Å²) >= 11 is 6.06. The van der Waals surface area contributed by atoms with Crippen LogP contribution >= 0.6 is 11.6 Å². The molecule has 63 heavy (non-hydrogen) atoms. The predicted octanol–water partition coefficient (Wildman–Crippen LogP) is -6.65. The van der Waals surface area contributed by atoms with Crippen molar-refractivity contribution in [2.45, 2.75) is 19.6 Å². The van der Waals surface area contributed by atoms with E-state index in [-0.39, 0.29) is 174 Å². The summed E-state index contributed by atoms with van der Waals surface area (Å²) in [5.41, 5.74) is -1.77. The largest absolute Gasteiger partial charge is 1.00 e. The minimum atomic E-state index is -5.55. The van der Waals surface area contributed by atoms with Gasteiger partial charge in [-0.15, -0.1) is 10.2 Å². The number of fused-ring (bicyclic) bond motifs is 1. The van der Waals surface area contributed by atoms with Gasteiger partial charge in [0, 0.05) is 22.3 Å². The summed E-state index contributed by atoms with van der Waals surface area (Å²) in [5.74, 6) is -2.25. The maximum atomic E-state index is 13.0. The first-order valence-corrected chi connectivity index (χ1v) is 20.6. The van der Waals surface area contributed by atoms with E-state index in [9.17, 15) is 52.7 Å². The van der Waals surface area contributed by atoms with Gasteiger partial charge in [0.15, 0.2) is 5.75 Å². The number of phenolic OH excluding ortho intramolecular Hbond substituents is 1. The van der Waals surface area contributed by atoms with Crippen molar-refractivity contribution in [2.75, 3.05) is 16.0 Å². The molecular weight excluding hydrogens is 976 g/mol. The van der Waals surface area contributed by atoms with Crippen LogP contribution in [-0.4, -0.2) is 62.9 Å². The molecule has 31 heteroatoms. The molecule has 0 saturated heterocycles. The molecule has 0 spiro atoms. The number of azo groups is 1. The van der Waals surface area contributed by atoms with Crippen molar-refractivity contribution in [1.82, 2.24) is 15.0 Å². The first-order chi connectivity index (χ1) is 26.9. The van der Waals surface area contributed by atoms with Gasteiger partial charge in [0.05, 0.1) is 15.5 Å². The van der Waals surface area contributed by atoms with Gasteiger partial charge in [-0.05, 0) is 86.9 Å². The van der Waals surface area contributed by atoms with Crippen LogP contribution in [0.1, 0.15) is 10.4 Å². The zero-order chi connectivity index (χ0) is 41.2. The molecule has 6 aromatic rings. The van der Waals surface area contributed by atoms with Crippen molar-refractivity contribution in [3.63, 3.8) is 0 Å².